The van der Waals surface area contributed by atoms with Gasteiger partial charge in [-0.3, -0.25) is 9.98 Å². The minimum atomic E-state index is 0.131. The highest BCUT2D eigenvalue weighted by Crippen LogP contribution is 2.23. The van der Waals surface area contributed by atoms with Crippen LogP contribution in [0.15, 0.2) is 72.0 Å². The molecule has 134 valence electrons. The van der Waals surface area contributed by atoms with Crippen molar-refractivity contribution in [3.8, 4) is 5.75 Å². The fourth-order valence-corrected chi connectivity index (χ4v) is 2.88. The van der Waals surface area contributed by atoms with Crippen LogP contribution in [0.5, 0.6) is 5.75 Å². The van der Waals surface area contributed by atoms with E-state index >= 15 is 0 Å². The quantitative estimate of drug-likeness (QED) is 0.406. The lowest BCUT2D eigenvalue weighted by atomic mass is 10.00. The smallest absolute Gasteiger partial charge is 0.191 e. The number of hydrogen-bond donors (Lipinski definition) is 2. The van der Waals surface area contributed by atoms with Gasteiger partial charge in [0.15, 0.2) is 5.96 Å². The standard InChI is InChI=1S/C21H24N4O/c1-16(19-11-5-8-17-7-3-4-10-20(17)19)25-21(22-2)24-13-14-26-18-9-6-12-23-15-18/h3-12,15-16H,13-14H2,1-2H3,(H2,22,24,25). The van der Waals surface area contributed by atoms with E-state index in [0.29, 0.717) is 13.2 Å². The molecule has 0 aliphatic rings. The number of hydrogen-bond acceptors (Lipinski definition) is 3. The van der Waals surface area contributed by atoms with E-state index in [9.17, 15) is 0 Å². The van der Waals surface area contributed by atoms with Gasteiger partial charge in [-0.2, -0.15) is 0 Å². The van der Waals surface area contributed by atoms with Crippen molar-refractivity contribution in [3.05, 3.63) is 72.6 Å². The number of benzene rings is 2. The summed E-state index contributed by atoms with van der Waals surface area (Å²) in [6.45, 7) is 3.33. The molecule has 0 aliphatic carbocycles. The molecule has 3 aromatic rings. The minimum Gasteiger partial charge on any atom is -0.490 e. The maximum atomic E-state index is 5.64. The number of guanidine groups is 1. The molecule has 0 amide bonds. The first-order chi connectivity index (χ1) is 12.8. The predicted molar refractivity (Wildman–Crippen MR) is 107 cm³/mol. The van der Waals surface area contributed by atoms with Crippen LogP contribution in [-0.2, 0) is 0 Å². The van der Waals surface area contributed by atoms with Crippen LogP contribution in [0.3, 0.4) is 0 Å². The van der Waals surface area contributed by atoms with Gasteiger partial charge in [0, 0.05) is 13.2 Å². The molecule has 0 saturated carbocycles. The number of aromatic nitrogens is 1. The Bertz CT molecular complexity index is 859. The molecule has 26 heavy (non-hydrogen) atoms. The van der Waals surface area contributed by atoms with Crippen LogP contribution in [0, 0.1) is 0 Å². The molecule has 0 spiro atoms. The van der Waals surface area contributed by atoms with E-state index in [-0.39, 0.29) is 6.04 Å². The lowest BCUT2D eigenvalue weighted by Gasteiger charge is -2.20. The number of nitrogens with one attached hydrogen (secondary N) is 2. The second kappa shape index (κ2) is 8.85. The first kappa shape index (κ1) is 17.7. The van der Waals surface area contributed by atoms with Crippen molar-refractivity contribution in [2.45, 2.75) is 13.0 Å². The molecular weight excluding hydrogens is 324 g/mol. The Morgan fingerprint density at radius 3 is 2.77 bits per heavy atom. The monoisotopic (exact) mass is 348 g/mol. The van der Waals surface area contributed by atoms with Gasteiger partial charge in [-0.1, -0.05) is 42.5 Å². The Morgan fingerprint density at radius 1 is 1.12 bits per heavy atom. The lowest BCUT2D eigenvalue weighted by Crippen LogP contribution is -2.40. The summed E-state index contributed by atoms with van der Waals surface area (Å²) in [6.07, 6.45) is 3.43. The van der Waals surface area contributed by atoms with Crippen molar-refractivity contribution < 1.29 is 4.74 Å². The average Bonchev–Trinajstić information content (AvgIpc) is 2.70. The lowest BCUT2D eigenvalue weighted by molar-refractivity contribution is 0.320. The molecule has 5 nitrogen and oxygen atoms in total. The summed E-state index contributed by atoms with van der Waals surface area (Å²) in [5, 5.41) is 9.22. The van der Waals surface area contributed by atoms with E-state index in [4.69, 9.17) is 4.74 Å². The van der Waals surface area contributed by atoms with Crippen LogP contribution in [0.4, 0.5) is 0 Å². The summed E-state index contributed by atoms with van der Waals surface area (Å²) >= 11 is 0. The van der Waals surface area contributed by atoms with Crippen LogP contribution in [0.25, 0.3) is 10.8 Å². The van der Waals surface area contributed by atoms with Gasteiger partial charge < -0.3 is 15.4 Å². The Kier molecular flexibility index (Phi) is 6.04. The van der Waals surface area contributed by atoms with Gasteiger partial charge in [-0.15, -0.1) is 0 Å². The number of fused-ring (bicyclic) bond motifs is 1. The Balaban J connectivity index is 1.56. The molecule has 0 saturated heterocycles. The van der Waals surface area contributed by atoms with Crippen molar-refractivity contribution in [3.63, 3.8) is 0 Å². The van der Waals surface area contributed by atoms with Crippen LogP contribution >= 0.6 is 0 Å². The van der Waals surface area contributed by atoms with Crippen LogP contribution in [-0.4, -0.2) is 31.1 Å². The third-order valence-corrected chi connectivity index (χ3v) is 4.16. The Morgan fingerprint density at radius 2 is 1.96 bits per heavy atom. The number of pyridine rings is 1. The fraction of sp³-hybridized carbons (Fsp3) is 0.238. The van der Waals surface area contributed by atoms with Crippen LogP contribution < -0.4 is 15.4 Å². The molecule has 1 unspecified atom stereocenters. The molecule has 1 aromatic heterocycles. The van der Waals surface area contributed by atoms with Gasteiger partial charge >= 0.3 is 0 Å². The zero-order chi connectivity index (χ0) is 18.2. The second-order valence-corrected chi connectivity index (χ2v) is 5.97. The van der Waals surface area contributed by atoms with Gasteiger partial charge in [0.1, 0.15) is 12.4 Å². The maximum Gasteiger partial charge on any atom is 0.191 e. The van der Waals surface area contributed by atoms with E-state index in [2.05, 4.69) is 70.0 Å². The summed E-state index contributed by atoms with van der Waals surface area (Å²) in [5.41, 5.74) is 1.25. The van der Waals surface area contributed by atoms with Gasteiger partial charge in [-0.05, 0) is 35.4 Å². The maximum absolute atomic E-state index is 5.64. The van der Waals surface area contributed by atoms with Crippen molar-refractivity contribution in [2.24, 2.45) is 4.99 Å². The summed E-state index contributed by atoms with van der Waals surface area (Å²) in [6, 6.07) is 18.7. The molecule has 0 fully saturated rings. The first-order valence-electron chi connectivity index (χ1n) is 8.75. The van der Waals surface area contributed by atoms with Crippen LogP contribution in [0.2, 0.25) is 0 Å². The zero-order valence-electron chi connectivity index (χ0n) is 15.1. The summed E-state index contributed by atoms with van der Waals surface area (Å²) in [7, 11) is 1.77. The Hall–Kier alpha value is -3.08. The highest BCUT2D eigenvalue weighted by Gasteiger charge is 2.10. The fourth-order valence-electron chi connectivity index (χ4n) is 2.88. The topological polar surface area (TPSA) is 58.5 Å². The molecule has 0 radical (unpaired) electrons. The predicted octanol–water partition coefficient (Wildman–Crippen LogP) is 3.54. The van der Waals surface area contributed by atoms with E-state index < -0.39 is 0 Å². The van der Waals surface area contributed by atoms with Crippen molar-refractivity contribution in [2.75, 3.05) is 20.2 Å². The molecule has 2 aromatic carbocycles. The summed E-state index contributed by atoms with van der Waals surface area (Å²) in [4.78, 5) is 8.34. The molecule has 3 rings (SSSR count). The highest BCUT2D eigenvalue weighted by atomic mass is 16.5. The van der Waals surface area contributed by atoms with Gasteiger partial charge in [0.05, 0.1) is 18.8 Å². The highest BCUT2D eigenvalue weighted by molar-refractivity contribution is 5.87. The Labute approximate surface area is 154 Å². The van der Waals surface area contributed by atoms with E-state index in [1.807, 2.05) is 12.1 Å². The third-order valence-electron chi connectivity index (χ3n) is 4.16. The molecule has 0 aliphatic heterocycles. The molecule has 2 N–H and O–H groups in total. The van der Waals surface area contributed by atoms with E-state index in [1.165, 1.54) is 16.3 Å². The second-order valence-electron chi connectivity index (χ2n) is 5.97. The van der Waals surface area contributed by atoms with E-state index in [0.717, 1.165) is 11.7 Å². The number of aliphatic imine (C=N–C) groups is 1. The average molecular weight is 348 g/mol. The molecule has 1 atom stereocenters. The molecular formula is C21H24N4O. The largest absolute Gasteiger partial charge is 0.490 e. The van der Waals surface area contributed by atoms with Crippen molar-refractivity contribution >= 4 is 16.7 Å². The minimum absolute atomic E-state index is 0.131. The first-order valence-corrected chi connectivity index (χ1v) is 8.75. The van der Waals surface area contributed by atoms with Gasteiger partial charge in [0.2, 0.25) is 0 Å². The molecule has 5 heteroatoms. The molecule has 0 bridgehead atoms. The SMILES string of the molecule is CN=C(NCCOc1cccnc1)NC(C)c1cccc2ccccc12. The van der Waals surface area contributed by atoms with Crippen molar-refractivity contribution in [1.82, 2.24) is 15.6 Å². The molecule has 1 heterocycles. The van der Waals surface area contributed by atoms with E-state index in [1.54, 1.807) is 19.4 Å². The van der Waals surface area contributed by atoms with Crippen LogP contribution in [0.1, 0.15) is 18.5 Å². The summed E-state index contributed by atoms with van der Waals surface area (Å²) in [5.74, 6) is 1.52. The zero-order valence-corrected chi connectivity index (χ0v) is 15.1. The third kappa shape index (κ3) is 4.51. The number of ether oxygens (including phenoxy) is 1. The number of nitrogens with zero attached hydrogens (tertiary/aromatic N) is 2. The van der Waals surface area contributed by atoms with Crippen molar-refractivity contribution in [1.29, 1.82) is 0 Å². The van der Waals surface area contributed by atoms with Gasteiger partial charge in [0.25, 0.3) is 0 Å². The summed E-state index contributed by atoms with van der Waals surface area (Å²) < 4.78 is 5.64. The number of rotatable bonds is 6. The normalized spacial score (nSPS) is 12.6. The van der Waals surface area contributed by atoms with Gasteiger partial charge in [-0.25, -0.2) is 0 Å².